The second-order valence-corrected chi connectivity index (χ2v) is 5.24. The highest BCUT2D eigenvalue weighted by Gasteiger charge is 2.23. The quantitative estimate of drug-likeness (QED) is 0.652. The molecule has 0 aliphatic heterocycles. The van der Waals surface area contributed by atoms with Crippen molar-refractivity contribution >= 4 is 0 Å². The molecule has 0 aromatic heterocycles. The van der Waals surface area contributed by atoms with Gasteiger partial charge in [-0.3, -0.25) is 0 Å². The summed E-state index contributed by atoms with van der Waals surface area (Å²) < 4.78 is 0. The standard InChI is InChI=1S/C13H29NO/c1-6-12(7-2)10-13(5,15)8-9-14-11(3)4/h11-12,14-15H,6-10H2,1-5H3. The fourth-order valence-corrected chi connectivity index (χ4v) is 1.93. The first kappa shape index (κ1) is 14.9. The van der Waals surface area contributed by atoms with Crippen molar-refractivity contribution < 1.29 is 5.11 Å². The van der Waals surface area contributed by atoms with Gasteiger partial charge >= 0.3 is 0 Å². The molecule has 0 fully saturated rings. The maximum Gasteiger partial charge on any atom is 0.0634 e. The van der Waals surface area contributed by atoms with Gasteiger partial charge in [0, 0.05) is 6.04 Å². The van der Waals surface area contributed by atoms with E-state index in [1.807, 2.05) is 6.92 Å². The van der Waals surface area contributed by atoms with E-state index in [4.69, 9.17) is 0 Å². The molecule has 0 saturated carbocycles. The minimum Gasteiger partial charge on any atom is -0.390 e. The molecule has 2 nitrogen and oxygen atoms in total. The van der Waals surface area contributed by atoms with Crippen LogP contribution in [0.25, 0.3) is 0 Å². The molecule has 0 aliphatic carbocycles. The Balaban J connectivity index is 3.84. The Morgan fingerprint density at radius 2 is 1.73 bits per heavy atom. The lowest BCUT2D eigenvalue weighted by Crippen LogP contribution is -2.34. The van der Waals surface area contributed by atoms with E-state index in [-0.39, 0.29) is 0 Å². The maximum atomic E-state index is 10.2. The summed E-state index contributed by atoms with van der Waals surface area (Å²) in [6.07, 6.45) is 4.12. The summed E-state index contributed by atoms with van der Waals surface area (Å²) in [6, 6.07) is 0.508. The summed E-state index contributed by atoms with van der Waals surface area (Å²) in [7, 11) is 0. The first-order chi connectivity index (χ1) is 6.91. The zero-order valence-corrected chi connectivity index (χ0v) is 11.1. The van der Waals surface area contributed by atoms with Gasteiger partial charge in [0.2, 0.25) is 0 Å². The summed E-state index contributed by atoms with van der Waals surface area (Å²) in [4.78, 5) is 0. The van der Waals surface area contributed by atoms with Crippen LogP contribution in [0.4, 0.5) is 0 Å². The van der Waals surface area contributed by atoms with E-state index in [0.29, 0.717) is 12.0 Å². The van der Waals surface area contributed by atoms with Gasteiger partial charge in [-0.25, -0.2) is 0 Å². The van der Waals surface area contributed by atoms with Gasteiger partial charge < -0.3 is 10.4 Å². The molecule has 0 amide bonds. The molecule has 0 radical (unpaired) electrons. The van der Waals surface area contributed by atoms with Crippen LogP contribution in [-0.2, 0) is 0 Å². The molecule has 0 bridgehead atoms. The lowest BCUT2D eigenvalue weighted by molar-refractivity contribution is 0.0240. The largest absolute Gasteiger partial charge is 0.390 e. The molecule has 0 saturated heterocycles. The fraction of sp³-hybridized carbons (Fsp3) is 1.00. The lowest BCUT2D eigenvalue weighted by Gasteiger charge is -2.28. The van der Waals surface area contributed by atoms with Crippen molar-refractivity contribution in [2.24, 2.45) is 5.92 Å². The molecule has 0 aromatic carbocycles. The van der Waals surface area contributed by atoms with Crippen LogP contribution in [0.1, 0.15) is 60.3 Å². The number of hydrogen-bond acceptors (Lipinski definition) is 2. The van der Waals surface area contributed by atoms with Crippen molar-refractivity contribution in [2.75, 3.05) is 6.54 Å². The van der Waals surface area contributed by atoms with Crippen LogP contribution in [0.15, 0.2) is 0 Å². The first-order valence-corrected chi connectivity index (χ1v) is 6.37. The van der Waals surface area contributed by atoms with Crippen molar-refractivity contribution in [1.29, 1.82) is 0 Å². The Bertz CT molecular complexity index is 151. The summed E-state index contributed by atoms with van der Waals surface area (Å²) in [5, 5.41) is 13.6. The normalized spacial score (nSPS) is 16.0. The summed E-state index contributed by atoms with van der Waals surface area (Å²) in [5.74, 6) is 0.666. The van der Waals surface area contributed by atoms with Crippen LogP contribution in [0.5, 0.6) is 0 Å². The third-order valence-corrected chi connectivity index (χ3v) is 3.10. The van der Waals surface area contributed by atoms with Crippen LogP contribution in [-0.4, -0.2) is 23.3 Å². The van der Waals surface area contributed by atoms with Crippen molar-refractivity contribution in [1.82, 2.24) is 5.32 Å². The average Bonchev–Trinajstić information content (AvgIpc) is 2.13. The van der Waals surface area contributed by atoms with E-state index in [1.54, 1.807) is 0 Å². The summed E-state index contributed by atoms with van der Waals surface area (Å²) in [6.45, 7) is 11.6. The molecule has 1 unspecified atom stereocenters. The molecule has 15 heavy (non-hydrogen) atoms. The first-order valence-electron chi connectivity index (χ1n) is 6.37. The minimum absolute atomic E-state index is 0.501. The van der Waals surface area contributed by atoms with Crippen LogP contribution in [0.3, 0.4) is 0 Å². The monoisotopic (exact) mass is 215 g/mol. The maximum absolute atomic E-state index is 10.2. The van der Waals surface area contributed by atoms with Gasteiger partial charge in [0.15, 0.2) is 0 Å². The molecular weight excluding hydrogens is 186 g/mol. The van der Waals surface area contributed by atoms with Crippen molar-refractivity contribution in [3.63, 3.8) is 0 Å². The topological polar surface area (TPSA) is 32.3 Å². The number of nitrogens with one attached hydrogen (secondary N) is 1. The Kier molecular flexibility index (Phi) is 7.20. The van der Waals surface area contributed by atoms with Crippen molar-refractivity contribution in [2.45, 2.75) is 71.9 Å². The summed E-state index contributed by atoms with van der Waals surface area (Å²) >= 11 is 0. The minimum atomic E-state index is -0.501. The van der Waals surface area contributed by atoms with E-state index in [0.717, 1.165) is 19.4 Å². The Hall–Kier alpha value is -0.0800. The number of aliphatic hydroxyl groups is 1. The van der Waals surface area contributed by atoms with Crippen molar-refractivity contribution in [3.8, 4) is 0 Å². The lowest BCUT2D eigenvalue weighted by atomic mass is 9.86. The molecule has 92 valence electrons. The highest BCUT2D eigenvalue weighted by molar-refractivity contribution is 4.77. The highest BCUT2D eigenvalue weighted by Crippen LogP contribution is 2.24. The fourth-order valence-electron chi connectivity index (χ4n) is 1.93. The Labute approximate surface area is 95.5 Å². The Morgan fingerprint density at radius 1 is 1.20 bits per heavy atom. The SMILES string of the molecule is CCC(CC)CC(C)(O)CCNC(C)C. The van der Waals surface area contributed by atoms with Gasteiger partial charge in [-0.05, 0) is 32.2 Å². The van der Waals surface area contributed by atoms with Crippen LogP contribution in [0.2, 0.25) is 0 Å². The number of hydrogen-bond donors (Lipinski definition) is 2. The average molecular weight is 215 g/mol. The molecule has 0 rings (SSSR count). The highest BCUT2D eigenvalue weighted by atomic mass is 16.3. The van der Waals surface area contributed by atoms with E-state index < -0.39 is 5.60 Å². The van der Waals surface area contributed by atoms with Gasteiger partial charge in [-0.15, -0.1) is 0 Å². The van der Waals surface area contributed by atoms with Gasteiger partial charge in [0.1, 0.15) is 0 Å². The van der Waals surface area contributed by atoms with Gasteiger partial charge in [0.25, 0.3) is 0 Å². The van der Waals surface area contributed by atoms with E-state index >= 15 is 0 Å². The molecule has 0 aliphatic rings. The zero-order chi connectivity index (χ0) is 11.9. The van der Waals surface area contributed by atoms with E-state index in [1.165, 1.54) is 12.8 Å². The van der Waals surface area contributed by atoms with Gasteiger partial charge in [0.05, 0.1) is 5.60 Å². The third kappa shape index (κ3) is 7.80. The second kappa shape index (κ2) is 7.24. The smallest absolute Gasteiger partial charge is 0.0634 e. The van der Waals surface area contributed by atoms with Crippen molar-refractivity contribution in [3.05, 3.63) is 0 Å². The molecule has 0 aromatic rings. The van der Waals surface area contributed by atoms with Crippen LogP contribution >= 0.6 is 0 Å². The molecule has 1 atom stereocenters. The molecule has 2 N–H and O–H groups in total. The molecule has 0 spiro atoms. The number of rotatable bonds is 8. The van der Waals surface area contributed by atoms with Gasteiger partial charge in [-0.2, -0.15) is 0 Å². The predicted molar refractivity (Wildman–Crippen MR) is 67.1 cm³/mol. The van der Waals surface area contributed by atoms with Crippen LogP contribution in [0, 0.1) is 5.92 Å². The van der Waals surface area contributed by atoms with Crippen LogP contribution < -0.4 is 5.32 Å². The third-order valence-electron chi connectivity index (χ3n) is 3.10. The second-order valence-electron chi connectivity index (χ2n) is 5.24. The van der Waals surface area contributed by atoms with E-state index in [2.05, 4.69) is 33.0 Å². The summed E-state index contributed by atoms with van der Waals surface area (Å²) in [5.41, 5.74) is -0.501. The van der Waals surface area contributed by atoms with E-state index in [9.17, 15) is 5.11 Å². The molecule has 0 heterocycles. The molecule has 2 heteroatoms. The Morgan fingerprint density at radius 3 is 2.13 bits per heavy atom. The van der Waals surface area contributed by atoms with Gasteiger partial charge in [-0.1, -0.05) is 40.5 Å². The molecular formula is C13H29NO. The predicted octanol–water partition coefficient (Wildman–Crippen LogP) is 2.95. The zero-order valence-electron chi connectivity index (χ0n) is 11.1.